The summed E-state index contributed by atoms with van der Waals surface area (Å²) in [4.78, 5) is 12.3. The number of nitrogens with zero attached hydrogens (tertiary/aromatic N) is 2. The van der Waals surface area contributed by atoms with Crippen LogP contribution in [-0.4, -0.2) is 35.3 Å². The van der Waals surface area contributed by atoms with Gasteiger partial charge in [0.1, 0.15) is 5.56 Å². The Hall–Kier alpha value is -1.59. The maximum Gasteiger partial charge on any atom is 0.341 e. The van der Waals surface area contributed by atoms with Gasteiger partial charge in [-0.25, -0.2) is 9.31 Å². The molecule has 2 aromatic heterocycles. The van der Waals surface area contributed by atoms with Gasteiger partial charge in [-0.2, -0.15) is 5.10 Å². The fourth-order valence-electron chi connectivity index (χ4n) is 3.44. The first kappa shape index (κ1) is 16.3. The molecule has 124 valence electrons. The molecule has 23 heavy (non-hydrogen) atoms. The molecular weight excluding hydrogens is 314 g/mol. The van der Waals surface area contributed by atoms with Crippen LogP contribution in [0.2, 0.25) is 5.02 Å². The molecule has 0 aromatic carbocycles. The van der Waals surface area contributed by atoms with E-state index in [0.717, 1.165) is 31.6 Å². The summed E-state index contributed by atoms with van der Waals surface area (Å²) in [5.41, 5.74) is 2.06. The summed E-state index contributed by atoms with van der Waals surface area (Å²) >= 11 is 6.62. The second-order valence-corrected chi connectivity index (χ2v) is 6.37. The van der Waals surface area contributed by atoms with Crippen LogP contribution in [0, 0.1) is 5.92 Å². The van der Waals surface area contributed by atoms with E-state index in [2.05, 4.69) is 17.3 Å². The highest BCUT2D eigenvalue weighted by Crippen LogP contribution is 2.38. The number of ether oxygens (including phenoxy) is 1. The summed E-state index contributed by atoms with van der Waals surface area (Å²) in [7, 11) is 0. The van der Waals surface area contributed by atoms with Gasteiger partial charge in [-0.15, -0.1) is 0 Å². The SMILES string of the molecule is CCOC(=O)c1c(Cl)c(C(C)C2CCNCC2)n2ncccc12. The highest BCUT2D eigenvalue weighted by Gasteiger charge is 2.30. The van der Waals surface area contributed by atoms with Crippen molar-refractivity contribution < 1.29 is 9.53 Å². The molecule has 1 saturated heterocycles. The fourth-order valence-corrected chi connectivity index (χ4v) is 3.87. The molecule has 1 N–H and O–H groups in total. The smallest absolute Gasteiger partial charge is 0.341 e. The van der Waals surface area contributed by atoms with E-state index in [0.29, 0.717) is 28.6 Å². The minimum Gasteiger partial charge on any atom is -0.462 e. The van der Waals surface area contributed by atoms with Crippen LogP contribution in [0.1, 0.15) is 48.7 Å². The maximum atomic E-state index is 12.3. The molecule has 0 bridgehead atoms. The number of carbonyl (C=O) groups is 1. The van der Waals surface area contributed by atoms with Gasteiger partial charge in [0.2, 0.25) is 0 Å². The van der Waals surface area contributed by atoms with E-state index in [9.17, 15) is 4.79 Å². The molecule has 1 atom stereocenters. The largest absolute Gasteiger partial charge is 0.462 e. The lowest BCUT2D eigenvalue weighted by atomic mass is 9.84. The molecule has 5 nitrogen and oxygen atoms in total. The van der Waals surface area contributed by atoms with Crippen LogP contribution in [0.15, 0.2) is 18.3 Å². The van der Waals surface area contributed by atoms with Crippen LogP contribution in [0.4, 0.5) is 0 Å². The summed E-state index contributed by atoms with van der Waals surface area (Å²) in [5.74, 6) is 0.380. The van der Waals surface area contributed by atoms with E-state index in [-0.39, 0.29) is 11.9 Å². The van der Waals surface area contributed by atoms with Crippen molar-refractivity contribution in [3.05, 3.63) is 34.6 Å². The third-order valence-corrected chi connectivity index (χ3v) is 5.06. The number of aromatic nitrogens is 2. The second kappa shape index (κ2) is 6.89. The molecule has 0 saturated carbocycles. The van der Waals surface area contributed by atoms with Crippen LogP contribution < -0.4 is 5.32 Å². The Morgan fingerprint density at radius 1 is 1.52 bits per heavy atom. The number of halogens is 1. The molecule has 1 fully saturated rings. The van der Waals surface area contributed by atoms with Crippen LogP contribution >= 0.6 is 11.6 Å². The molecule has 1 unspecified atom stereocenters. The van der Waals surface area contributed by atoms with Gasteiger partial charge in [-0.05, 0) is 50.9 Å². The number of fused-ring (bicyclic) bond motifs is 1. The molecule has 3 heterocycles. The highest BCUT2D eigenvalue weighted by atomic mass is 35.5. The first-order valence-corrected chi connectivity index (χ1v) is 8.55. The summed E-state index contributed by atoms with van der Waals surface area (Å²) < 4.78 is 6.99. The Labute approximate surface area is 141 Å². The predicted molar refractivity (Wildman–Crippen MR) is 90.2 cm³/mol. The lowest BCUT2D eigenvalue weighted by Crippen LogP contribution is -2.30. The summed E-state index contributed by atoms with van der Waals surface area (Å²) in [5, 5.41) is 8.29. The van der Waals surface area contributed by atoms with Crippen molar-refractivity contribution in [2.24, 2.45) is 5.92 Å². The maximum absolute atomic E-state index is 12.3. The minimum absolute atomic E-state index is 0.232. The highest BCUT2D eigenvalue weighted by molar-refractivity contribution is 6.35. The summed E-state index contributed by atoms with van der Waals surface area (Å²) in [6, 6.07) is 3.68. The van der Waals surface area contributed by atoms with Crippen molar-refractivity contribution in [2.45, 2.75) is 32.6 Å². The zero-order valence-electron chi connectivity index (χ0n) is 13.5. The molecule has 2 aromatic rings. The molecule has 1 aliphatic rings. The summed E-state index contributed by atoms with van der Waals surface area (Å²) in [6.07, 6.45) is 3.93. The van der Waals surface area contributed by atoms with Crippen molar-refractivity contribution in [2.75, 3.05) is 19.7 Å². The molecule has 0 radical (unpaired) electrons. The number of rotatable bonds is 4. The Bertz CT molecular complexity index is 707. The third-order valence-electron chi connectivity index (χ3n) is 4.68. The zero-order valence-corrected chi connectivity index (χ0v) is 14.3. The van der Waals surface area contributed by atoms with Crippen molar-refractivity contribution in [3.8, 4) is 0 Å². The van der Waals surface area contributed by atoms with Gasteiger partial charge in [-0.3, -0.25) is 0 Å². The molecule has 3 rings (SSSR count). The first-order chi connectivity index (χ1) is 11.1. The van der Waals surface area contributed by atoms with E-state index < -0.39 is 0 Å². The Morgan fingerprint density at radius 3 is 2.96 bits per heavy atom. The van der Waals surface area contributed by atoms with Gasteiger partial charge in [0, 0.05) is 12.1 Å². The number of hydrogen-bond acceptors (Lipinski definition) is 4. The lowest BCUT2D eigenvalue weighted by molar-refractivity contribution is 0.0529. The average molecular weight is 336 g/mol. The van der Waals surface area contributed by atoms with Crippen molar-refractivity contribution in [1.82, 2.24) is 14.9 Å². The van der Waals surface area contributed by atoms with Gasteiger partial charge in [-0.1, -0.05) is 18.5 Å². The van der Waals surface area contributed by atoms with E-state index in [1.54, 1.807) is 17.6 Å². The molecular formula is C17H22ClN3O2. The second-order valence-electron chi connectivity index (χ2n) is 5.99. The standard InChI is InChI=1S/C17H22ClN3O2/c1-3-23-17(22)14-13-5-4-8-20-21(13)16(15(14)18)11(2)12-6-9-19-10-7-12/h4-5,8,11-12,19H,3,6-7,9-10H2,1-2H3. The van der Waals surface area contributed by atoms with Crippen LogP contribution in [0.3, 0.4) is 0 Å². The van der Waals surface area contributed by atoms with Gasteiger partial charge < -0.3 is 10.1 Å². The van der Waals surface area contributed by atoms with Crippen molar-refractivity contribution >= 4 is 23.1 Å². The lowest BCUT2D eigenvalue weighted by Gasteiger charge is -2.28. The Balaban J connectivity index is 2.09. The topological polar surface area (TPSA) is 55.6 Å². The summed E-state index contributed by atoms with van der Waals surface area (Å²) in [6.45, 7) is 6.34. The Morgan fingerprint density at radius 2 is 2.26 bits per heavy atom. The predicted octanol–water partition coefficient (Wildman–Crippen LogP) is 3.27. The molecule has 0 spiro atoms. The monoisotopic (exact) mass is 335 g/mol. The first-order valence-electron chi connectivity index (χ1n) is 8.18. The quantitative estimate of drug-likeness (QED) is 0.871. The number of esters is 1. The average Bonchev–Trinajstić information content (AvgIpc) is 2.87. The van der Waals surface area contributed by atoms with Crippen LogP contribution in [-0.2, 0) is 4.74 Å². The van der Waals surface area contributed by atoms with Crippen LogP contribution in [0.5, 0.6) is 0 Å². The number of hydrogen-bond donors (Lipinski definition) is 1. The molecule has 0 amide bonds. The number of nitrogens with one attached hydrogen (secondary N) is 1. The van der Waals surface area contributed by atoms with Gasteiger partial charge in [0.05, 0.1) is 22.8 Å². The normalized spacial score (nSPS) is 17.3. The van der Waals surface area contributed by atoms with Gasteiger partial charge >= 0.3 is 5.97 Å². The Kier molecular flexibility index (Phi) is 4.87. The number of carbonyl (C=O) groups excluding carboxylic acids is 1. The van der Waals surface area contributed by atoms with E-state index in [4.69, 9.17) is 16.3 Å². The molecule has 6 heteroatoms. The van der Waals surface area contributed by atoms with Gasteiger partial charge in [0.25, 0.3) is 0 Å². The fraction of sp³-hybridized carbons (Fsp3) is 0.529. The van der Waals surface area contributed by atoms with E-state index in [1.807, 2.05) is 12.1 Å². The molecule has 1 aliphatic heterocycles. The van der Waals surface area contributed by atoms with E-state index >= 15 is 0 Å². The van der Waals surface area contributed by atoms with Crippen LogP contribution in [0.25, 0.3) is 5.52 Å². The van der Waals surface area contributed by atoms with Gasteiger partial charge in [0.15, 0.2) is 0 Å². The third kappa shape index (κ3) is 2.95. The van der Waals surface area contributed by atoms with Crippen molar-refractivity contribution in [3.63, 3.8) is 0 Å². The van der Waals surface area contributed by atoms with Crippen molar-refractivity contribution in [1.29, 1.82) is 0 Å². The zero-order chi connectivity index (χ0) is 16.4. The molecule has 0 aliphatic carbocycles. The number of piperidine rings is 1. The van der Waals surface area contributed by atoms with E-state index in [1.165, 1.54) is 0 Å². The minimum atomic E-state index is -0.383.